The number of nitrogens with zero attached hydrogens (tertiary/aromatic N) is 2. The van der Waals surface area contributed by atoms with E-state index in [1.165, 1.54) is 0 Å². The largest absolute Gasteiger partial charge is 0.469 e. The van der Waals surface area contributed by atoms with Crippen molar-refractivity contribution in [1.82, 2.24) is 15.5 Å². The highest BCUT2D eigenvalue weighted by Gasteiger charge is 2.11. The summed E-state index contributed by atoms with van der Waals surface area (Å²) in [4.78, 5) is 0. The van der Waals surface area contributed by atoms with Gasteiger partial charge < -0.3 is 14.2 Å². The molecule has 5 nitrogen and oxygen atoms in total. The van der Waals surface area contributed by atoms with Crippen molar-refractivity contribution in [3.63, 3.8) is 0 Å². The van der Waals surface area contributed by atoms with Gasteiger partial charge in [-0.25, -0.2) is 0 Å². The summed E-state index contributed by atoms with van der Waals surface area (Å²) in [6.07, 6.45) is 3.15. The number of furan rings is 1. The lowest BCUT2D eigenvalue weighted by molar-refractivity contribution is 0.400. The molecule has 0 aromatic carbocycles. The molecule has 1 atom stereocenters. The fraction of sp³-hybridized carbons (Fsp3) is 0.455. The molecule has 0 saturated heterocycles. The number of rotatable bonds is 5. The van der Waals surface area contributed by atoms with Crippen molar-refractivity contribution in [3.8, 4) is 0 Å². The molecule has 86 valence electrons. The number of hydrogen-bond donors (Lipinski definition) is 1. The van der Waals surface area contributed by atoms with E-state index in [1.54, 1.807) is 6.26 Å². The second kappa shape index (κ2) is 4.94. The van der Waals surface area contributed by atoms with Gasteiger partial charge in [-0.15, -0.1) is 10.2 Å². The van der Waals surface area contributed by atoms with E-state index >= 15 is 0 Å². The number of aryl methyl sites for hydroxylation is 2. The van der Waals surface area contributed by atoms with Crippen LogP contribution >= 0.6 is 0 Å². The summed E-state index contributed by atoms with van der Waals surface area (Å²) in [5, 5.41) is 11.0. The molecule has 16 heavy (non-hydrogen) atoms. The predicted octanol–water partition coefficient (Wildman–Crippen LogP) is 1.73. The average Bonchev–Trinajstić information content (AvgIpc) is 2.96. The van der Waals surface area contributed by atoms with Crippen molar-refractivity contribution in [2.45, 2.75) is 25.8 Å². The first-order valence-corrected chi connectivity index (χ1v) is 5.31. The van der Waals surface area contributed by atoms with E-state index in [2.05, 4.69) is 15.5 Å². The minimum absolute atomic E-state index is 0.0878. The maximum Gasteiger partial charge on any atom is 0.233 e. The van der Waals surface area contributed by atoms with Crippen molar-refractivity contribution < 1.29 is 8.83 Å². The van der Waals surface area contributed by atoms with E-state index in [4.69, 9.17) is 8.83 Å². The number of hydrogen-bond acceptors (Lipinski definition) is 5. The minimum Gasteiger partial charge on any atom is -0.469 e. The molecule has 1 unspecified atom stereocenters. The van der Waals surface area contributed by atoms with E-state index in [1.807, 2.05) is 26.1 Å². The van der Waals surface area contributed by atoms with Crippen LogP contribution in [0.25, 0.3) is 0 Å². The standard InChI is InChI=1S/C11H15N3O2/c1-8(12-2)11-14-13-10(16-11)6-5-9-4-3-7-15-9/h3-4,7-8,12H,5-6H2,1-2H3. The van der Waals surface area contributed by atoms with Gasteiger partial charge in [-0.1, -0.05) is 0 Å². The Morgan fingerprint density at radius 3 is 2.94 bits per heavy atom. The lowest BCUT2D eigenvalue weighted by atomic mass is 10.2. The third kappa shape index (κ3) is 2.49. The van der Waals surface area contributed by atoms with Gasteiger partial charge in [-0.2, -0.15) is 0 Å². The Morgan fingerprint density at radius 1 is 1.38 bits per heavy atom. The fourth-order valence-corrected chi connectivity index (χ4v) is 1.35. The first kappa shape index (κ1) is 10.9. The quantitative estimate of drug-likeness (QED) is 0.833. The van der Waals surface area contributed by atoms with Crippen LogP contribution in [0.3, 0.4) is 0 Å². The predicted molar refractivity (Wildman–Crippen MR) is 57.9 cm³/mol. The molecule has 2 rings (SSSR count). The second-order valence-electron chi connectivity index (χ2n) is 3.62. The smallest absolute Gasteiger partial charge is 0.233 e. The van der Waals surface area contributed by atoms with E-state index in [0.29, 0.717) is 18.2 Å². The van der Waals surface area contributed by atoms with Crippen LogP contribution in [0.15, 0.2) is 27.2 Å². The maximum atomic E-state index is 5.51. The summed E-state index contributed by atoms with van der Waals surface area (Å²) < 4.78 is 10.7. The molecular formula is C11H15N3O2. The van der Waals surface area contributed by atoms with E-state index < -0.39 is 0 Å². The molecule has 1 N–H and O–H groups in total. The van der Waals surface area contributed by atoms with Crippen molar-refractivity contribution in [2.24, 2.45) is 0 Å². The molecular weight excluding hydrogens is 206 g/mol. The lowest BCUT2D eigenvalue weighted by Crippen LogP contribution is -2.12. The Balaban J connectivity index is 1.93. The zero-order chi connectivity index (χ0) is 11.4. The fourth-order valence-electron chi connectivity index (χ4n) is 1.35. The zero-order valence-electron chi connectivity index (χ0n) is 9.43. The molecule has 0 fully saturated rings. The van der Waals surface area contributed by atoms with Crippen LogP contribution in [0.5, 0.6) is 0 Å². The third-order valence-electron chi connectivity index (χ3n) is 2.45. The van der Waals surface area contributed by atoms with Gasteiger partial charge in [0, 0.05) is 12.8 Å². The van der Waals surface area contributed by atoms with Crippen LogP contribution in [-0.4, -0.2) is 17.2 Å². The van der Waals surface area contributed by atoms with Gasteiger partial charge >= 0.3 is 0 Å². The van der Waals surface area contributed by atoms with Crippen LogP contribution in [-0.2, 0) is 12.8 Å². The first-order chi connectivity index (χ1) is 7.79. The molecule has 0 saturated carbocycles. The van der Waals surface area contributed by atoms with Gasteiger partial charge in [0.15, 0.2) is 0 Å². The highest BCUT2D eigenvalue weighted by atomic mass is 16.4. The number of aromatic nitrogens is 2. The summed E-state index contributed by atoms with van der Waals surface area (Å²) in [5.41, 5.74) is 0. The zero-order valence-corrected chi connectivity index (χ0v) is 9.43. The molecule has 0 radical (unpaired) electrons. The summed E-state index contributed by atoms with van der Waals surface area (Å²) in [6, 6.07) is 3.90. The molecule has 0 aliphatic carbocycles. The molecule has 0 bridgehead atoms. The van der Waals surface area contributed by atoms with Crippen LogP contribution in [0, 0.1) is 0 Å². The normalized spacial score (nSPS) is 12.9. The first-order valence-electron chi connectivity index (χ1n) is 5.31. The molecule has 0 aliphatic heterocycles. The van der Waals surface area contributed by atoms with Gasteiger partial charge in [0.1, 0.15) is 5.76 Å². The highest BCUT2D eigenvalue weighted by Crippen LogP contribution is 2.11. The topological polar surface area (TPSA) is 64.1 Å². The SMILES string of the molecule is CNC(C)c1nnc(CCc2ccco2)o1. The van der Waals surface area contributed by atoms with Crippen LogP contribution in [0.2, 0.25) is 0 Å². The number of nitrogens with one attached hydrogen (secondary N) is 1. The lowest BCUT2D eigenvalue weighted by Gasteiger charge is -2.02. The van der Waals surface area contributed by atoms with E-state index in [9.17, 15) is 0 Å². The third-order valence-corrected chi connectivity index (χ3v) is 2.45. The molecule has 0 spiro atoms. The Morgan fingerprint density at radius 2 is 2.25 bits per heavy atom. The Labute approximate surface area is 93.9 Å². The summed E-state index contributed by atoms with van der Waals surface area (Å²) in [6.45, 7) is 1.98. The molecule has 2 heterocycles. The molecule has 2 aromatic rings. The van der Waals surface area contributed by atoms with Gasteiger partial charge in [-0.3, -0.25) is 0 Å². The van der Waals surface area contributed by atoms with Gasteiger partial charge in [0.25, 0.3) is 0 Å². The minimum atomic E-state index is 0.0878. The summed E-state index contributed by atoms with van der Waals surface area (Å²) >= 11 is 0. The van der Waals surface area contributed by atoms with Crippen LogP contribution in [0.4, 0.5) is 0 Å². The summed E-state index contributed by atoms with van der Waals surface area (Å²) in [5.74, 6) is 2.20. The molecule has 0 aliphatic rings. The second-order valence-corrected chi connectivity index (χ2v) is 3.62. The van der Waals surface area contributed by atoms with Crippen molar-refractivity contribution in [1.29, 1.82) is 0 Å². The van der Waals surface area contributed by atoms with Gasteiger partial charge in [0.05, 0.1) is 12.3 Å². The maximum absolute atomic E-state index is 5.51. The molecule has 5 heteroatoms. The van der Waals surface area contributed by atoms with Gasteiger partial charge in [0.2, 0.25) is 11.8 Å². The van der Waals surface area contributed by atoms with E-state index in [0.717, 1.165) is 12.2 Å². The monoisotopic (exact) mass is 221 g/mol. The Bertz CT molecular complexity index is 422. The average molecular weight is 221 g/mol. The Kier molecular flexibility index (Phi) is 3.36. The molecule has 2 aromatic heterocycles. The van der Waals surface area contributed by atoms with Crippen LogP contribution < -0.4 is 5.32 Å². The van der Waals surface area contributed by atoms with Crippen molar-refractivity contribution in [3.05, 3.63) is 35.9 Å². The highest BCUT2D eigenvalue weighted by molar-refractivity contribution is 5.00. The van der Waals surface area contributed by atoms with Crippen molar-refractivity contribution in [2.75, 3.05) is 7.05 Å². The van der Waals surface area contributed by atoms with Crippen LogP contribution in [0.1, 0.15) is 30.5 Å². The van der Waals surface area contributed by atoms with E-state index in [-0.39, 0.29) is 6.04 Å². The van der Waals surface area contributed by atoms with Crippen molar-refractivity contribution >= 4 is 0 Å². The molecule has 0 amide bonds. The van der Waals surface area contributed by atoms with Gasteiger partial charge in [-0.05, 0) is 26.1 Å². The summed E-state index contributed by atoms with van der Waals surface area (Å²) in [7, 11) is 1.86. The Hall–Kier alpha value is -1.62.